The van der Waals surface area contributed by atoms with E-state index in [2.05, 4.69) is 0 Å². The van der Waals surface area contributed by atoms with Crippen molar-refractivity contribution in [3.63, 3.8) is 0 Å². The predicted octanol–water partition coefficient (Wildman–Crippen LogP) is 3.18. The molecule has 1 aromatic heterocycles. The van der Waals surface area contributed by atoms with E-state index in [1.165, 1.54) is 12.3 Å². The van der Waals surface area contributed by atoms with Crippen molar-refractivity contribution in [1.29, 1.82) is 0 Å². The van der Waals surface area contributed by atoms with Gasteiger partial charge in [-0.15, -0.1) is 0 Å². The number of ether oxygens (including phenoxy) is 1. The Labute approximate surface area is 104 Å². The van der Waals surface area contributed by atoms with E-state index in [1.807, 2.05) is 18.2 Å². The lowest BCUT2D eigenvalue weighted by Crippen LogP contribution is -2.08. The summed E-state index contributed by atoms with van der Waals surface area (Å²) in [5.74, 6) is 0.692. The summed E-state index contributed by atoms with van der Waals surface area (Å²) in [4.78, 5) is 11.5. The minimum absolute atomic E-state index is 0.194. The van der Waals surface area contributed by atoms with Crippen LogP contribution in [0.15, 0.2) is 45.8 Å². The Bertz CT molecular complexity index is 575. The molecule has 0 aliphatic carbocycles. The van der Waals surface area contributed by atoms with Gasteiger partial charge in [0.1, 0.15) is 12.4 Å². The topological polar surface area (TPSA) is 39.4 Å². The van der Waals surface area contributed by atoms with Crippen LogP contribution in [0.1, 0.15) is 11.3 Å². The van der Waals surface area contributed by atoms with Gasteiger partial charge in [0.2, 0.25) is 11.2 Å². The molecule has 0 N–H and O–H groups in total. The molecule has 0 saturated carbocycles. The largest absolute Gasteiger partial charge is 0.482 e. The lowest BCUT2D eigenvalue weighted by Gasteiger charge is -2.08. The van der Waals surface area contributed by atoms with Gasteiger partial charge in [-0.05, 0) is 13.0 Å². The minimum atomic E-state index is -0.194. The van der Waals surface area contributed by atoms with E-state index in [4.69, 9.17) is 20.8 Å². The molecule has 0 unspecified atom stereocenters. The van der Waals surface area contributed by atoms with Crippen molar-refractivity contribution in [2.75, 3.05) is 0 Å². The van der Waals surface area contributed by atoms with E-state index in [0.29, 0.717) is 10.8 Å². The van der Waals surface area contributed by atoms with E-state index in [0.717, 1.165) is 5.56 Å². The smallest absolute Gasteiger partial charge is 0.227 e. The molecule has 0 aliphatic heterocycles. The van der Waals surface area contributed by atoms with Crippen LogP contribution < -0.4 is 10.2 Å². The Hall–Kier alpha value is -1.74. The lowest BCUT2D eigenvalue weighted by molar-refractivity contribution is 0.286. The molecule has 88 valence electrons. The normalized spacial score (nSPS) is 10.2. The average molecular weight is 251 g/mol. The van der Waals surface area contributed by atoms with Crippen molar-refractivity contribution in [2.24, 2.45) is 0 Å². The second-order valence-electron chi connectivity index (χ2n) is 3.55. The van der Waals surface area contributed by atoms with Crippen LogP contribution in [-0.2, 0) is 6.61 Å². The summed E-state index contributed by atoms with van der Waals surface area (Å²) in [6.07, 6.45) is 1.35. The first-order valence-corrected chi connectivity index (χ1v) is 5.51. The maximum atomic E-state index is 11.5. The van der Waals surface area contributed by atoms with E-state index in [-0.39, 0.29) is 17.8 Å². The molecule has 1 heterocycles. The van der Waals surface area contributed by atoms with Gasteiger partial charge in [0, 0.05) is 16.7 Å². The van der Waals surface area contributed by atoms with Crippen molar-refractivity contribution in [1.82, 2.24) is 0 Å². The first-order chi connectivity index (χ1) is 8.18. The summed E-state index contributed by atoms with van der Waals surface area (Å²) in [6, 6.07) is 8.66. The van der Waals surface area contributed by atoms with E-state index in [1.54, 1.807) is 13.0 Å². The molecule has 2 aromatic rings. The zero-order chi connectivity index (χ0) is 12.3. The average Bonchev–Trinajstić information content (AvgIpc) is 2.30. The fraction of sp³-hybridized carbons (Fsp3) is 0.154. The zero-order valence-electron chi connectivity index (χ0n) is 9.27. The minimum Gasteiger partial charge on any atom is -0.482 e. The van der Waals surface area contributed by atoms with Crippen molar-refractivity contribution in [3.05, 3.63) is 63.2 Å². The lowest BCUT2D eigenvalue weighted by atomic mass is 10.2. The Morgan fingerprint density at radius 3 is 2.76 bits per heavy atom. The number of rotatable bonds is 3. The molecule has 4 heteroatoms. The van der Waals surface area contributed by atoms with E-state index in [9.17, 15) is 4.79 Å². The fourth-order valence-corrected chi connectivity index (χ4v) is 1.63. The highest BCUT2D eigenvalue weighted by atomic mass is 35.5. The van der Waals surface area contributed by atoms with Gasteiger partial charge in [0.05, 0.1) is 6.26 Å². The standard InChI is InChI=1S/C13H11ClO3/c1-9-13(12(15)6-7-16-9)17-8-10-4-2-3-5-11(10)14/h2-7H,8H2,1H3. The molecule has 0 bridgehead atoms. The molecule has 1 aromatic carbocycles. The molecule has 17 heavy (non-hydrogen) atoms. The molecule has 0 saturated heterocycles. The summed E-state index contributed by atoms with van der Waals surface area (Å²) < 4.78 is 10.5. The summed E-state index contributed by atoms with van der Waals surface area (Å²) in [7, 11) is 0. The summed E-state index contributed by atoms with van der Waals surface area (Å²) in [5, 5.41) is 0.616. The Balaban J connectivity index is 2.19. The van der Waals surface area contributed by atoms with Crippen LogP contribution in [0.5, 0.6) is 5.75 Å². The molecule has 0 spiro atoms. The summed E-state index contributed by atoms with van der Waals surface area (Å²) >= 11 is 5.99. The van der Waals surface area contributed by atoms with Gasteiger partial charge in [-0.25, -0.2) is 0 Å². The van der Waals surface area contributed by atoms with Crippen LogP contribution in [0.3, 0.4) is 0 Å². The van der Waals surface area contributed by atoms with Crippen molar-refractivity contribution in [2.45, 2.75) is 13.5 Å². The summed E-state index contributed by atoms with van der Waals surface area (Å²) in [6.45, 7) is 1.93. The highest BCUT2D eigenvalue weighted by molar-refractivity contribution is 6.31. The zero-order valence-corrected chi connectivity index (χ0v) is 10.0. The van der Waals surface area contributed by atoms with Gasteiger partial charge in [-0.2, -0.15) is 0 Å². The third-order valence-corrected chi connectivity index (χ3v) is 2.71. The molecule has 2 rings (SSSR count). The Kier molecular flexibility index (Phi) is 3.49. The van der Waals surface area contributed by atoms with Gasteiger partial charge < -0.3 is 9.15 Å². The molecule has 0 fully saturated rings. The third-order valence-electron chi connectivity index (χ3n) is 2.34. The van der Waals surface area contributed by atoms with Gasteiger partial charge in [-0.3, -0.25) is 4.79 Å². The molecule has 0 atom stereocenters. The van der Waals surface area contributed by atoms with Gasteiger partial charge >= 0.3 is 0 Å². The second kappa shape index (κ2) is 5.06. The predicted molar refractivity (Wildman–Crippen MR) is 65.5 cm³/mol. The van der Waals surface area contributed by atoms with Crippen molar-refractivity contribution >= 4 is 11.6 Å². The van der Waals surface area contributed by atoms with Crippen molar-refractivity contribution < 1.29 is 9.15 Å². The van der Waals surface area contributed by atoms with Crippen LogP contribution in [0, 0.1) is 6.92 Å². The van der Waals surface area contributed by atoms with Gasteiger partial charge in [0.25, 0.3) is 0 Å². The van der Waals surface area contributed by atoms with Gasteiger partial charge in [-0.1, -0.05) is 29.8 Å². The molecule has 0 radical (unpaired) electrons. The quantitative estimate of drug-likeness (QED) is 0.840. The Morgan fingerprint density at radius 1 is 1.29 bits per heavy atom. The first-order valence-electron chi connectivity index (χ1n) is 5.13. The molecular weight excluding hydrogens is 240 g/mol. The number of hydrogen-bond donors (Lipinski definition) is 0. The maximum absolute atomic E-state index is 11.5. The molecule has 0 aliphatic rings. The second-order valence-corrected chi connectivity index (χ2v) is 3.96. The number of halogens is 1. The van der Waals surface area contributed by atoms with Crippen LogP contribution in [-0.4, -0.2) is 0 Å². The van der Waals surface area contributed by atoms with E-state index < -0.39 is 0 Å². The first kappa shape index (κ1) is 11.7. The fourth-order valence-electron chi connectivity index (χ4n) is 1.44. The number of aryl methyl sites for hydroxylation is 1. The highest BCUT2D eigenvalue weighted by Gasteiger charge is 2.07. The highest BCUT2D eigenvalue weighted by Crippen LogP contribution is 2.18. The molecule has 0 amide bonds. The maximum Gasteiger partial charge on any atom is 0.227 e. The number of benzene rings is 1. The Morgan fingerprint density at radius 2 is 2.06 bits per heavy atom. The summed E-state index contributed by atoms with van der Waals surface area (Å²) in [5.41, 5.74) is 0.637. The molecular formula is C13H11ClO3. The van der Waals surface area contributed by atoms with Crippen molar-refractivity contribution in [3.8, 4) is 5.75 Å². The molecule has 3 nitrogen and oxygen atoms in total. The van der Waals surface area contributed by atoms with Crippen LogP contribution in [0.25, 0.3) is 0 Å². The monoisotopic (exact) mass is 250 g/mol. The third kappa shape index (κ3) is 2.68. The van der Waals surface area contributed by atoms with Crippen LogP contribution >= 0.6 is 11.6 Å². The van der Waals surface area contributed by atoms with Gasteiger partial charge in [0.15, 0.2) is 0 Å². The number of hydrogen-bond acceptors (Lipinski definition) is 3. The SMILES string of the molecule is Cc1occc(=O)c1OCc1ccccc1Cl. The van der Waals surface area contributed by atoms with Crippen LogP contribution in [0.4, 0.5) is 0 Å². The van der Waals surface area contributed by atoms with E-state index >= 15 is 0 Å². The van der Waals surface area contributed by atoms with Crippen LogP contribution in [0.2, 0.25) is 5.02 Å².